The number of nitrogens with zero attached hydrogens (tertiary/aromatic N) is 1. The van der Waals surface area contributed by atoms with Gasteiger partial charge in [-0.1, -0.05) is 37.3 Å². The second kappa shape index (κ2) is 11.0. The van der Waals surface area contributed by atoms with Gasteiger partial charge in [-0.15, -0.1) is 0 Å². The maximum Gasteiger partial charge on any atom is 0.248 e. The highest BCUT2D eigenvalue weighted by Crippen LogP contribution is 2.39. The number of fused-ring (bicyclic) bond motifs is 2. The number of carbonyl (C=O) groups excluding carboxylic acids is 2. The Balaban J connectivity index is 0.00000320. The topological polar surface area (TPSA) is 116 Å². The van der Waals surface area contributed by atoms with E-state index in [0.29, 0.717) is 29.1 Å². The lowest BCUT2D eigenvalue weighted by molar-refractivity contribution is -0.119. The minimum Gasteiger partial charge on any atom is -0.454 e. The average molecular weight is 520 g/mol. The molecule has 9 heteroatoms. The molecule has 2 amide bonds. The highest BCUT2D eigenvalue weighted by atomic mass is 32.2. The molecule has 2 heterocycles. The molecule has 5 rings (SSSR count). The zero-order chi connectivity index (χ0) is 25.2. The summed E-state index contributed by atoms with van der Waals surface area (Å²) in [5, 5.41) is 10.4. The summed E-state index contributed by atoms with van der Waals surface area (Å²) in [6.07, 6.45) is 1.84. The molecule has 0 aliphatic carbocycles. The summed E-state index contributed by atoms with van der Waals surface area (Å²) < 4.78 is 15.8. The van der Waals surface area contributed by atoms with Gasteiger partial charge >= 0.3 is 0 Å². The number of benzene rings is 3. The van der Waals surface area contributed by atoms with Crippen molar-refractivity contribution in [1.82, 2.24) is 9.29 Å². The van der Waals surface area contributed by atoms with Crippen molar-refractivity contribution in [3.63, 3.8) is 0 Å². The van der Waals surface area contributed by atoms with Gasteiger partial charge < -0.3 is 24.9 Å². The van der Waals surface area contributed by atoms with Crippen molar-refractivity contribution >= 4 is 34.7 Å². The van der Waals surface area contributed by atoms with Gasteiger partial charge in [0.2, 0.25) is 18.6 Å². The number of amides is 2. The molecule has 3 aromatic carbocycles. The quantitative estimate of drug-likeness (QED) is 0.298. The van der Waals surface area contributed by atoms with Gasteiger partial charge in [0.1, 0.15) is 0 Å². The van der Waals surface area contributed by atoms with Gasteiger partial charge in [0, 0.05) is 34.1 Å². The summed E-state index contributed by atoms with van der Waals surface area (Å²) >= 11 is 1.25. The molecular formula is C28H29N3O5S. The zero-order valence-corrected chi connectivity index (χ0v) is 20.4. The predicted octanol–water partition coefficient (Wildman–Crippen LogP) is 4.36. The molecule has 1 aromatic heterocycles. The van der Waals surface area contributed by atoms with Crippen LogP contribution in [0.1, 0.15) is 40.4 Å². The van der Waals surface area contributed by atoms with E-state index in [0.717, 1.165) is 27.0 Å². The molecule has 8 nitrogen and oxygen atoms in total. The first-order chi connectivity index (χ1) is 17.4. The fourth-order valence-corrected chi connectivity index (χ4v) is 4.94. The molecule has 0 fully saturated rings. The molecule has 1 aliphatic heterocycles. The van der Waals surface area contributed by atoms with Crippen molar-refractivity contribution in [3.05, 3.63) is 89.1 Å². The molecule has 1 unspecified atom stereocenters. The van der Waals surface area contributed by atoms with Crippen LogP contribution in [-0.4, -0.2) is 34.9 Å². The number of hydrogen-bond donors (Lipinski definition) is 3. The van der Waals surface area contributed by atoms with Crippen LogP contribution in [0.3, 0.4) is 0 Å². The smallest absolute Gasteiger partial charge is 0.248 e. The molecule has 0 saturated carbocycles. The molecule has 1 aliphatic rings. The number of aryl methyl sites for hydroxylation is 1. The van der Waals surface area contributed by atoms with Crippen LogP contribution in [0.4, 0.5) is 0 Å². The Labute approximate surface area is 219 Å². The third kappa shape index (κ3) is 5.28. The number of ether oxygens (including phenoxy) is 2. The molecule has 4 N–H and O–H groups in total. The van der Waals surface area contributed by atoms with E-state index in [1.807, 2.05) is 54.1 Å². The SMILES string of the molecule is C.Cc1ccc(SNC(=O)C(c2ccc3c(c2)OCO3)c2cn(CCO)c3cc(C(N)=O)ccc23)cc1. The molecule has 0 bridgehead atoms. The van der Waals surface area contributed by atoms with Crippen molar-refractivity contribution in [2.45, 2.75) is 31.7 Å². The van der Waals surface area contributed by atoms with Gasteiger partial charge in [0.05, 0.1) is 12.5 Å². The van der Waals surface area contributed by atoms with E-state index in [1.54, 1.807) is 24.3 Å². The minimum atomic E-state index is -0.695. The Kier molecular flexibility index (Phi) is 7.75. The van der Waals surface area contributed by atoms with Gasteiger partial charge in [-0.2, -0.15) is 0 Å². The number of nitrogens with one attached hydrogen (secondary N) is 1. The second-order valence-electron chi connectivity index (χ2n) is 8.52. The molecule has 0 saturated heterocycles. The Morgan fingerprint density at radius 1 is 1.08 bits per heavy atom. The molecule has 4 aromatic rings. The monoisotopic (exact) mass is 519 g/mol. The van der Waals surface area contributed by atoms with Crippen molar-refractivity contribution in [3.8, 4) is 11.5 Å². The van der Waals surface area contributed by atoms with Crippen molar-refractivity contribution < 1.29 is 24.2 Å². The summed E-state index contributed by atoms with van der Waals surface area (Å²) in [7, 11) is 0. The average Bonchev–Trinajstić information content (AvgIpc) is 3.48. The normalized spacial score (nSPS) is 12.7. The number of primary amides is 1. The second-order valence-corrected chi connectivity index (χ2v) is 9.40. The van der Waals surface area contributed by atoms with Crippen molar-refractivity contribution in [1.29, 1.82) is 0 Å². The number of rotatable bonds is 8. The number of carbonyl (C=O) groups is 2. The van der Waals surface area contributed by atoms with E-state index in [-0.39, 0.29) is 26.7 Å². The van der Waals surface area contributed by atoms with E-state index in [9.17, 15) is 14.7 Å². The third-order valence-corrected chi connectivity index (χ3v) is 6.94. The van der Waals surface area contributed by atoms with E-state index >= 15 is 0 Å². The van der Waals surface area contributed by atoms with Gasteiger partial charge in [-0.25, -0.2) is 0 Å². The summed E-state index contributed by atoms with van der Waals surface area (Å²) in [6.45, 7) is 2.33. The minimum absolute atomic E-state index is 0. The summed E-state index contributed by atoms with van der Waals surface area (Å²) in [5.41, 5.74) is 9.15. The highest BCUT2D eigenvalue weighted by Gasteiger charge is 2.29. The first kappa shape index (κ1) is 26.1. The molecule has 192 valence electrons. The molecule has 0 spiro atoms. The number of nitrogens with two attached hydrogens (primary N) is 1. The summed E-state index contributed by atoms with van der Waals surface area (Å²) in [6, 6.07) is 18.5. The largest absolute Gasteiger partial charge is 0.454 e. The Hall–Kier alpha value is -3.95. The number of aromatic nitrogens is 1. The van der Waals surface area contributed by atoms with Gasteiger partial charge in [0.25, 0.3) is 0 Å². The van der Waals surface area contributed by atoms with Crippen LogP contribution >= 0.6 is 11.9 Å². The Morgan fingerprint density at radius 2 is 1.84 bits per heavy atom. The van der Waals surface area contributed by atoms with E-state index in [4.69, 9.17) is 15.2 Å². The van der Waals surface area contributed by atoms with Crippen LogP contribution in [0.15, 0.2) is 71.8 Å². The van der Waals surface area contributed by atoms with Gasteiger partial charge in [-0.05, 0) is 66.4 Å². The zero-order valence-electron chi connectivity index (χ0n) is 19.6. The lowest BCUT2D eigenvalue weighted by Crippen LogP contribution is -2.25. The van der Waals surface area contributed by atoms with Crippen LogP contribution < -0.4 is 19.9 Å². The Morgan fingerprint density at radius 3 is 2.57 bits per heavy atom. The van der Waals surface area contributed by atoms with Gasteiger partial charge in [0.15, 0.2) is 11.5 Å². The van der Waals surface area contributed by atoms with Crippen LogP contribution in [-0.2, 0) is 11.3 Å². The summed E-state index contributed by atoms with van der Waals surface area (Å²) in [5.74, 6) is -0.261. The maximum atomic E-state index is 13.7. The first-order valence-electron chi connectivity index (χ1n) is 11.4. The van der Waals surface area contributed by atoms with Crippen molar-refractivity contribution in [2.75, 3.05) is 13.4 Å². The van der Waals surface area contributed by atoms with Gasteiger partial charge in [-0.3, -0.25) is 14.3 Å². The fraction of sp³-hybridized carbons (Fsp3) is 0.214. The van der Waals surface area contributed by atoms with Crippen LogP contribution in [0, 0.1) is 6.92 Å². The standard InChI is InChI=1S/C27H25N3O5S.CH4/c1-16-2-6-19(7-3-16)36-29-27(33)25(17-5-9-23-24(13-17)35-15-34-23)21-14-30(10-11-31)22-12-18(26(28)32)4-8-20(21)22;/h2-9,12-14,25,31H,10-11,15H2,1H3,(H2,28,32)(H,29,33);1H4. The lowest BCUT2D eigenvalue weighted by atomic mass is 9.90. The van der Waals surface area contributed by atoms with E-state index in [2.05, 4.69) is 4.72 Å². The number of hydrogen-bond acceptors (Lipinski definition) is 6. The number of aliphatic hydroxyl groups excluding tert-OH is 1. The van der Waals surface area contributed by atoms with Crippen LogP contribution in [0.2, 0.25) is 0 Å². The van der Waals surface area contributed by atoms with Crippen LogP contribution in [0.25, 0.3) is 10.9 Å². The Bertz CT molecular complexity index is 1450. The molecule has 37 heavy (non-hydrogen) atoms. The first-order valence-corrected chi connectivity index (χ1v) is 12.2. The lowest BCUT2D eigenvalue weighted by Gasteiger charge is -2.17. The fourth-order valence-electron chi connectivity index (χ4n) is 4.34. The summed E-state index contributed by atoms with van der Waals surface area (Å²) in [4.78, 5) is 26.4. The highest BCUT2D eigenvalue weighted by molar-refractivity contribution is 7.98. The molecule has 0 radical (unpaired) electrons. The van der Waals surface area contributed by atoms with Crippen LogP contribution in [0.5, 0.6) is 11.5 Å². The van der Waals surface area contributed by atoms with Crippen molar-refractivity contribution in [2.24, 2.45) is 5.73 Å². The predicted molar refractivity (Wildman–Crippen MR) is 144 cm³/mol. The number of aliphatic hydroxyl groups is 1. The van der Waals surface area contributed by atoms with E-state index in [1.165, 1.54) is 11.9 Å². The molecule has 1 atom stereocenters. The maximum absolute atomic E-state index is 13.7. The molecular weight excluding hydrogens is 490 g/mol. The third-order valence-electron chi connectivity index (χ3n) is 6.13. The van der Waals surface area contributed by atoms with E-state index < -0.39 is 11.8 Å².